The molecule has 0 atom stereocenters. The number of nitrogens with one attached hydrogen (secondary N) is 1. The molecule has 2 aromatic rings. The van der Waals surface area contributed by atoms with Crippen molar-refractivity contribution < 1.29 is 13.2 Å². The molecule has 9 heteroatoms. The number of sulfone groups is 1. The third kappa shape index (κ3) is 6.99. The normalized spacial score (nSPS) is 14.7. The van der Waals surface area contributed by atoms with E-state index in [1.807, 2.05) is 30.3 Å². The van der Waals surface area contributed by atoms with Crippen LogP contribution in [0.1, 0.15) is 12.5 Å². The molecule has 1 saturated heterocycles. The van der Waals surface area contributed by atoms with Crippen LogP contribution in [0, 0.1) is 0 Å². The van der Waals surface area contributed by atoms with Crippen LogP contribution in [0.15, 0.2) is 58.4 Å². The number of halogens is 1. The van der Waals surface area contributed by atoms with Gasteiger partial charge in [0.1, 0.15) is 5.75 Å². The number of guanidine groups is 1. The highest BCUT2D eigenvalue weighted by Crippen LogP contribution is 2.28. The number of methoxy groups -OCH3 is 1. The topological polar surface area (TPSA) is 74.2 Å². The number of rotatable bonds is 7. The van der Waals surface area contributed by atoms with Gasteiger partial charge in [0.05, 0.1) is 17.7 Å². The maximum atomic E-state index is 11.6. The van der Waals surface area contributed by atoms with Crippen LogP contribution in [-0.2, 0) is 16.3 Å². The number of para-hydroxylation sites is 2. The van der Waals surface area contributed by atoms with Gasteiger partial charge in [-0.25, -0.2) is 8.42 Å². The molecular weight excluding hydrogens is 539 g/mol. The lowest BCUT2D eigenvalue weighted by Crippen LogP contribution is -2.52. The Kier molecular flexibility index (Phi) is 10.1. The molecule has 0 bridgehead atoms. The molecule has 0 saturated carbocycles. The summed E-state index contributed by atoms with van der Waals surface area (Å²) in [5, 5.41) is 3.40. The molecule has 32 heavy (non-hydrogen) atoms. The van der Waals surface area contributed by atoms with Crippen molar-refractivity contribution in [2.24, 2.45) is 4.99 Å². The van der Waals surface area contributed by atoms with Crippen LogP contribution in [0.2, 0.25) is 0 Å². The zero-order valence-corrected chi connectivity index (χ0v) is 22.1. The molecule has 0 amide bonds. The maximum absolute atomic E-state index is 11.6. The minimum atomic E-state index is -3.16. The molecule has 0 aliphatic carbocycles. The molecule has 7 nitrogen and oxygen atoms in total. The number of piperazine rings is 1. The lowest BCUT2D eigenvalue weighted by Gasteiger charge is -2.38. The maximum Gasteiger partial charge on any atom is 0.194 e. The summed E-state index contributed by atoms with van der Waals surface area (Å²) < 4.78 is 28.7. The van der Waals surface area contributed by atoms with E-state index in [1.165, 1.54) is 6.26 Å². The summed E-state index contributed by atoms with van der Waals surface area (Å²) >= 11 is 0. The van der Waals surface area contributed by atoms with E-state index >= 15 is 0 Å². The summed E-state index contributed by atoms with van der Waals surface area (Å²) in [5.74, 6) is 1.83. The number of aliphatic imine (C=N–C) groups is 1. The lowest BCUT2D eigenvalue weighted by molar-refractivity contribution is 0.367. The number of anilines is 1. The third-order valence-corrected chi connectivity index (χ3v) is 6.48. The van der Waals surface area contributed by atoms with Gasteiger partial charge in [-0.3, -0.25) is 4.99 Å². The second kappa shape index (κ2) is 12.3. The van der Waals surface area contributed by atoms with Crippen molar-refractivity contribution >= 4 is 45.5 Å². The number of ether oxygens (including phenoxy) is 1. The van der Waals surface area contributed by atoms with E-state index in [4.69, 9.17) is 9.73 Å². The average molecular weight is 573 g/mol. The molecule has 1 aliphatic heterocycles. The highest BCUT2D eigenvalue weighted by atomic mass is 127. The Labute approximate surface area is 208 Å². The van der Waals surface area contributed by atoms with Crippen molar-refractivity contribution in [3.8, 4) is 5.75 Å². The van der Waals surface area contributed by atoms with Crippen LogP contribution in [0.5, 0.6) is 5.75 Å². The summed E-state index contributed by atoms with van der Waals surface area (Å²) in [7, 11) is -1.45. The summed E-state index contributed by atoms with van der Waals surface area (Å²) in [6.45, 7) is 7.10. The quantitative estimate of drug-likeness (QED) is 0.313. The lowest BCUT2D eigenvalue weighted by atomic mass is 10.1. The van der Waals surface area contributed by atoms with Crippen LogP contribution in [-0.4, -0.2) is 71.9 Å². The molecule has 0 spiro atoms. The van der Waals surface area contributed by atoms with Crippen molar-refractivity contribution in [2.75, 3.05) is 57.5 Å². The van der Waals surface area contributed by atoms with E-state index in [0.717, 1.165) is 62.1 Å². The molecule has 1 N–H and O–H groups in total. The molecule has 2 aromatic carbocycles. The minimum Gasteiger partial charge on any atom is -0.495 e. The first kappa shape index (κ1) is 26.2. The SMILES string of the molecule is CCNC(=NCCc1ccc(S(C)(=O)=O)cc1)N1CCN(c2ccccc2OC)CC1.I. The van der Waals surface area contributed by atoms with Gasteiger partial charge in [0.2, 0.25) is 0 Å². The first-order valence-electron chi connectivity index (χ1n) is 10.6. The van der Waals surface area contributed by atoms with E-state index < -0.39 is 9.84 Å². The van der Waals surface area contributed by atoms with Gasteiger partial charge in [-0.2, -0.15) is 0 Å². The second-order valence-electron chi connectivity index (χ2n) is 7.55. The van der Waals surface area contributed by atoms with Gasteiger partial charge in [-0.1, -0.05) is 24.3 Å². The van der Waals surface area contributed by atoms with Crippen molar-refractivity contribution in [3.05, 3.63) is 54.1 Å². The molecule has 0 radical (unpaired) electrons. The summed E-state index contributed by atoms with van der Waals surface area (Å²) in [4.78, 5) is 9.80. The third-order valence-electron chi connectivity index (χ3n) is 5.35. The Morgan fingerprint density at radius 1 is 1.06 bits per heavy atom. The van der Waals surface area contributed by atoms with Crippen molar-refractivity contribution in [2.45, 2.75) is 18.2 Å². The van der Waals surface area contributed by atoms with Gasteiger partial charge < -0.3 is 19.9 Å². The highest BCUT2D eigenvalue weighted by molar-refractivity contribution is 14.0. The molecular formula is C23H33IN4O3S. The fourth-order valence-corrected chi connectivity index (χ4v) is 4.30. The standard InChI is InChI=1S/C23H32N4O3S.HI/c1-4-24-23(25-14-13-19-9-11-20(12-10-19)31(3,28)29)27-17-15-26(16-18-27)21-7-5-6-8-22(21)30-2;/h5-12H,4,13-18H2,1-3H3,(H,24,25);1H. The van der Waals surface area contributed by atoms with Crippen LogP contribution in [0.3, 0.4) is 0 Å². The smallest absolute Gasteiger partial charge is 0.194 e. The zero-order chi connectivity index (χ0) is 22.3. The second-order valence-corrected chi connectivity index (χ2v) is 9.56. The fraction of sp³-hybridized carbons (Fsp3) is 0.435. The Morgan fingerprint density at radius 3 is 2.31 bits per heavy atom. The van der Waals surface area contributed by atoms with Crippen LogP contribution < -0.4 is 15.0 Å². The largest absolute Gasteiger partial charge is 0.495 e. The fourth-order valence-electron chi connectivity index (χ4n) is 3.67. The average Bonchev–Trinajstić information content (AvgIpc) is 2.78. The van der Waals surface area contributed by atoms with Crippen LogP contribution in [0.4, 0.5) is 5.69 Å². The summed E-state index contributed by atoms with van der Waals surface area (Å²) in [5.41, 5.74) is 2.21. The van der Waals surface area contributed by atoms with Crippen LogP contribution in [0.25, 0.3) is 0 Å². The van der Waals surface area contributed by atoms with Gasteiger partial charge in [0.15, 0.2) is 15.8 Å². The molecule has 1 heterocycles. The number of hydrogen-bond donors (Lipinski definition) is 1. The highest BCUT2D eigenvalue weighted by Gasteiger charge is 2.21. The molecule has 1 fully saturated rings. The summed E-state index contributed by atoms with van der Waals surface area (Å²) in [6, 6.07) is 15.2. The van der Waals surface area contributed by atoms with Crippen molar-refractivity contribution in [3.63, 3.8) is 0 Å². The van der Waals surface area contributed by atoms with E-state index in [9.17, 15) is 8.42 Å². The first-order chi connectivity index (χ1) is 14.9. The minimum absolute atomic E-state index is 0. The van der Waals surface area contributed by atoms with Crippen molar-refractivity contribution in [1.82, 2.24) is 10.2 Å². The van der Waals surface area contributed by atoms with E-state index in [-0.39, 0.29) is 24.0 Å². The van der Waals surface area contributed by atoms with Gasteiger partial charge in [-0.15, -0.1) is 24.0 Å². The Hall–Kier alpha value is -2.01. The number of nitrogens with zero attached hydrogens (tertiary/aromatic N) is 3. The van der Waals surface area contributed by atoms with Gasteiger partial charge >= 0.3 is 0 Å². The van der Waals surface area contributed by atoms with Gasteiger partial charge in [0.25, 0.3) is 0 Å². The van der Waals surface area contributed by atoms with Gasteiger partial charge in [-0.05, 0) is 43.2 Å². The number of benzene rings is 2. The molecule has 1 aliphatic rings. The molecule has 3 rings (SSSR count). The Balaban J connectivity index is 0.00000363. The Bertz CT molecular complexity index is 989. The van der Waals surface area contributed by atoms with E-state index in [2.05, 4.69) is 28.1 Å². The van der Waals surface area contributed by atoms with Crippen molar-refractivity contribution in [1.29, 1.82) is 0 Å². The zero-order valence-electron chi connectivity index (χ0n) is 19.0. The summed E-state index contributed by atoms with van der Waals surface area (Å²) in [6.07, 6.45) is 1.99. The van der Waals surface area contributed by atoms with Crippen LogP contribution >= 0.6 is 24.0 Å². The predicted octanol–water partition coefficient (Wildman–Crippen LogP) is 3.05. The predicted molar refractivity (Wildman–Crippen MR) is 141 cm³/mol. The monoisotopic (exact) mass is 572 g/mol. The van der Waals surface area contributed by atoms with E-state index in [0.29, 0.717) is 11.4 Å². The van der Waals surface area contributed by atoms with E-state index in [1.54, 1.807) is 19.2 Å². The molecule has 176 valence electrons. The molecule has 0 unspecified atom stereocenters. The number of hydrogen-bond acceptors (Lipinski definition) is 5. The molecule has 0 aromatic heterocycles. The van der Waals surface area contributed by atoms with Gasteiger partial charge in [0, 0.05) is 45.5 Å². The first-order valence-corrected chi connectivity index (χ1v) is 12.5. The Morgan fingerprint density at radius 2 is 1.72 bits per heavy atom.